The van der Waals surface area contributed by atoms with Crippen LogP contribution in [0.25, 0.3) is 0 Å². The fourth-order valence-electron chi connectivity index (χ4n) is 2.59. The Labute approximate surface area is 169 Å². The first-order valence-electron chi connectivity index (χ1n) is 8.18. The van der Waals surface area contributed by atoms with E-state index in [-0.39, 0.29) is 23.4 Å². The number of rotatable bonds is 4. The molecule has 0 bridgehead atoms. The van der Waals surface area contributed by atoms with E-state index < -0.39 is 5.25 Å². The number of imide groups is 1. The number of nitrogens with two attached hydrogens (primary N) is 1. The van der Waals surface area contributed by atoms with Crippen LogP contribution < -0.4 is 10.6 Å². The van der Waals surface area contributed by atoms with Gasteiger partial charge in [0.25, 0.3) is 0 Å². The second-order valence-electron chi connectivity index (χ2n) is 5.84. The molecule has 3 rings (SSSR count). The highest BCUT2D eigenvalue weighted by atomic mass is 79.9. The third-order valence-electron chi connectivity index (χ3n) is 3.94. The first-order valence-corrected chi connectivity index (χ1v) is 9.85. The minimum atomic E-state index is -0.600. The number of amides is 2. The topological polar surface area (TPSA) is 88.1 Å². The molecule has 1 heterocycles. The summed E-state index contributed by atoms with van der Waals surface area (Å²) < 4.78 is 0.874. The molecule has 2 aromatic rings. The number of anilines is 1. The quantitative estimate of drug-likeness (QED) is 0.338. The van der Waals surface area contributed by atoms with Gasteiger partial charge in [0.1, 0.15) is 5.25 Å². The van der Waals surface area contributed by atoms with Crippen LogP contribution in [0, 0.1) is 0 Å². The lowest BCUT2D eigenvalue weighted by Gasteiger charge is -2.14. The summed E-state index contributed by atoms with van der Waals surface area (Å²) >= 11 is 4.39. The van der Waals surface area contributed by atoms with Gasteiger partial charge >= 0.3 is 0 Å². The summed E-state index contributed by atoms with van der Waals surface area (Å²) in [5.74, 6) is -0.550. The average Bonchev–Trinajstić information content (AvgIpc) is 2.94. The summed E-state index contributed by atoms with van der Waals surface area (Å²) in [4.78, 5) is 26.1. The molecule has 8 heteroatoms. The van der Waals surface area contributed by atoms with Gasteiger partial charge in [0, 0.05) is 10.9 Å². The molecular weight excluding hydrogens is 428 g/mol. The maximum absolute atomic E-state index is 12.6. The Kier molecular flexibility index (Phi) is 6.08. The molecule has 1 atom stereocenters. The maximum Gasteiger partial charge on any atom is 0.247 e. The average molecular weight is 445 g/mol. The number of thioether (sulfide) groups is 1. The number of carbonyl (C=O) groups excluding carboxylic acids is 2. The van der Waals surface area contributed by atoms with E-state index in [0.717, 1.165) is 21.8 Å². The summed E-state index contributed by atoms with van der Waals surface area (Å²) in [5.41, 5.74) is 8.11. The molecule has 0 aliphatic carbocycles. The molecule has 27 heavy (non-hydrogen) atoms. The van der Waals surface area contributed by atoms with Gasteiger partial charge in [-0.1, -0.05) is 58.0 Å². The second kappa shape index (κ2) is 8.49. The predicted octanol–water partition coefficient (Wildman–Crippen LogP) is 3.55. The van der Waals surface area contributed by atoms with Crippen molar-refractivity contribution in [2.24, 2.45) is 15.9 Å². The van der Waals surface area contributed by atoms with E-state index >= 15 is 0 Å². The number of amidine groups is 1. The minimum Gasteiger partial charge on any atom is -0.377 e. The van der Waals surface area contributed by atoms with Crippen molar-refractivity contribution >= 4 is 56.1 Å². The van der Waals surface area contributed by atoms with E-state index in [1.807, 2.05) is 37.3 Å². The van der Waals surface area contributed by atoms with Crippen LogP contribution in [-0.2, 0) is 9.59 Å². The van der Waals surface area contributed by atoms with Gasteiger partial charge in [-0.05, 0) is 36.8 Å². The molecule has 0 unspecified atom stereocenters. The van der Waals surface area contributed by atoms with Gasteiger partial charge in [0.2, 0.25) is 11.8 Å². The van der Waals surface area contributed by atoms with E-state index in [2.05, 4.69) is 26.1 Å². The largest absolute Gasteiger partial charge is 0.377 e. The first kappa shape index (κ1) is 19.3. The van der Waals surface area contributed by atoms with Crippen molar-refractivity contribution < 1.29 is 9.59 Å². The highest BCUT2D eigenvalue weighted by Gasteiger charge is 2.40. The highest BCUT2D eigenvalue weighted by Crippen LogP contribution is 2.30. The number of hydrogen-bond acceptors (Lipinski definition) is 5. The number of carbonyl (C=O) groups is 2. The van der Waals surface area contributed by atoms with Crippen LogP contribution in [0.5, 0.6) is 0 Å². The van der Waals surface area contributed by atoms with E-state index in [4.69, 9.17) is 5.73 Å². The van der Waals surface area contributed by atoms with Crippen LogP contribution in [-0.4, -0.2) is 27.9 Å². The van der Waals surface area contributed by atoms with Crippen molar-refractivity contribution in [3.05, 3.63) is 64.6 Å². The van der Waals surface area contributed by atoms with Crippen molar-refractivity contribution in [3.63, 3.8) is 0 Å². The molecule has 2 aromatic carbocycles. The van der Waals surface area contributed by atoms with Crippen molar-refractivity contribution in [1.29, 1.82) is 0 Å². The molecule has 6 nitrogen and oxygen atoms in total. The third-order valence-corrected chi connectivity index (χ3v) is 5.45. The van der Waals surface area contributed by atoms with Crippen LogP contribution in [0.3, 0.4) is 0 Å². The molecule has 1 saturated heterocycles. The van der Waals surface area contributed by atoms with Crippen LogP contribution in [0.15, 0.2) is 69.3 Å². The van der Waals surface area contributed by atoms with Crippen molar-refractivity contribution in [2.75, 3.05) is 4.90 Å². The summed E-state index contributed by atoms with van der Waals surface area (Å²) in [6.07, 6.45) is 0.0805. The van der Waals surface area contributed by atoms with Crippen LogP contribution in [0.1, 0.15) is 18.9 Å². The second-order valence-corrected chi connectivity index (χ2v) is 7.98. The number of benzene rings is 2. The van der Waals surface area contributed by atoms with Gasteiger partial charge in [-0.15, -0.1) is 5.10 Å². The Bertz CT molecular complexity index is 913. The SMILES string of the molecule is C/C(=N/N=C(N)S[C@@H]1CC(=O)N(c2ccc(Br)cc2)C1=O)c1ccccc1. The normalized spacial score (nSPS) is 18.3. The van der Waals surface area contributed by atoms with Crippen LogP contribution in [0.2, 0.25) is 0 Å². The summed E-state index contributed by atoms with van der Waals surface area (Å²) in [7, 11) is 0. The highest BCUT2D eigenvalue weighted by molar-refractivity contribution is 9.10. The minimum absolute atomic E-state index is 0.0805. The standard InChI is InChI=1S/C19H17BrN4O2S/c1-12(13-5-3-2-4-6-13)22-23-19(21)27-16-11-17(25)24(18(16)26)15-9-7-14(20)8-10-15/h2-10,16H,11H2,1H3,(H2,21,23)/b22-12-/t16-/m1/s1. The first-order chi connectivity index (χ1) is 13.0. The lowest BCUT2D eigenvalue weighted by molar-refractivity contribution is -0.121. The number of nitrogens with zero attached hydrogens (tertiary/aromatic N) is 3. The van der Waals surface area contributed by atoms with Gasteiger partial charge in [0.05, 0.1) is 11.4 Å². The summed E-state index contributed by atoms with van der Waals surface area (Å²) in [5, 5.41) is 7.65. The Morgan fingerprint density at radius 3 is 2.44 bits per heavy atom. The smallest absolute Gasteiger partial charge is 0.247 e. The van der Waals surface area contributed by atoms with E-state index in [1.54, 1.807) is 24.3 Å². The maximum atomic E-state index is 12.6. The zero-order valence-electron chi connectivity index (χ0n) is 14.5. The zero-order chi connectivity index (χ0) is 19.4. The lowest BCUT2D eigenvalue weighted by atomic mass is 10.1. The molecule has 0 spiro atoms. The van der Waals surface area contributed by atoms with Gasteiger partial charge in [0.15, 0.2) is 5.17 Å². The fourth-order valence-corrected chi connectivity index (χ4v) is 3.66. The van der Waals surface area contributed by atoms with Gasteiger partial charge in [-0.2, -0.15) is 5.10 Å². The molecule has 0 radical (unpaired) electrons. The van der Waals surface area contributed by atoms with Gasteiger partial charge in [-0.3, -0.25) is 9.59 Å². The van der Waals surface area contributed by atoms with Crippen molar-refractivity contribution in [3.8, 4) is 0 Å². The zero-order valence-corrected chi connectivity index (χ0v) is 16.9. The summed E-state index contributed by atoms with van der Waals surface area (Å²) in [6, 6.07) is 16.6. The number of halogens is 1. The van der Waals surface area contributed by atoms with Crippen LogP contribution >= 0.6 is 27.7 Å². The molecule has 1 aliphatic heterocycles. The molecular formula is C19H17BrN4O2S. The predicted molar refractivity (Wildman–Crippen MR) is 113 cm³/mol. The van der Waals surface area contributed by atoms with Gasteiger partial charge < -0.3 is 5.73 Å². The lowest BCUT2D eigenvalue weighted by Crippen LogP contribution is -2.31. The van der Waals surface area contributed by atoms with E-state index in [9.17, 15) is 9.59 Å². The molecule has 0 saturated carbocycles. The van der Waals surface area contributed by atoms with E-state index in [1.165, 1.54) is 4.90 Å². The molecule has 2 amide bonds. The fraction of sp³-hybridized carbons (Fsp3) is 0.158. The van der Waals surface area contributed by atoms with Crippen molar-refractivity contribution in [1.82, 2.24) is 0 Å². The monoisotopic (exact) mass is 444 g/mol. The molecule has 1 fully saturated rings. The van der Waals surface area contributed by atoms with Crippen molar-refractivity contribution in [2.45, 2.75) is 18.6 Å². The third kappa shape index (κ3) is 4.64. The Morgan fingerprint density at radius 2 is 1.78 bits per heavy atom. The van der Waals surface area contributed by atoms with Gasteiger partial charge in [-0.25, -0.2) is 4.90 Å². The molecule has 2 N–H and O–H groups in total. The van der Waals surface area contributed by atoms with Crippen LogP contribution in [0.4, 0.5) is 5.69 Å². The van der Waals surface area contributed by atoms with E-state index in [0.29, 0.717) is 11.4 Å². The molecule has 0 aromatic heterocycles. The summed E-state index contributed by atoms with van der Waals surface area (Å²) in [6.45, 7) is 1.83. The Balaban J connectivity index is 1.69. The molecule has 1 aliphatic rings. The Morgan fingerprint density at radius 1 is 1.11 bits per heavy atom. The number of hydrogen-bond donors (Lipinski definition) is 1. The molecule has 138 valence electrons. The Hall–Kier alpha value is -2.45.